The summed E-state index contributed by atoms with van der Waals surface area (Å²) in [7, 11) is 0. The van der Waals surface area contributed by atoms with Gasteiger partial charge in [0.1, 0.15) is 0 Å². The molecule has 0 spiro atoms. The molecule has 2 fully saturated rings. The molecule has 3 unspecified atom stereocenters. The van der Waals surface area contributed by atoms with Crippen LogP contribution >= 0.6 is 0 Å². The van der Waals surface area contributed by atoms with Crippen molar-refractivity contribution in [3.63, 3.8) is 0 Å². The Kier molecular flexibility index (Phi) is 5.35. The van der Waals surface area contributed by atoms with Crippen LogP contribution in [-0.4, -0.2) is 61.0 Å². The summed E-state index contributed by atoms with van der Waals surface area (Å²) in [5.74, 6) is 0.498. The Labute approximate surface area is 130 Å². The van der Waals surface area contributed by atoms with Gasteiger partial charge in [-0.15, -0.1) is 0 Å². The summed E-state index contributed by atoms with van der Waals surface area (Å²) in [5.41, 5.74) is -0.203. The zero-order chi connectivity index (χ0) is 15.7. The minimum atomic E-state index is -0.113. The average molecular weight is 298 g/mol. The van der Waals surface area contributed by atoms with Gasteiger partial charge in [-0.2, -0.15) is 0 Å². The zero-order valence-electron chi connectivity index (χ0n) is 14.7. The molecule has 0 radical (unpaired) electrons. The highest BCUT2D eigenvalue weighted by atomic mass is 16.5. The minimum absolute atomic E-state index is 0.0905. The van der Waals surface area contributed by atoms with Crippen LogP contribution < -0.4 is 5.32 Å². The van der Waals surface area contributed by atoms with E-state index in [1.54, 1.807) is 0 Å². The molecular formula is C17H34N2O2. The first kappa shape index (κ1) is 17.2. The van der Waals surface area contributed by atoms with E-state index in [2.05, 4.69) is 51.8 Å². The van der Waals surface area contributed by atoms with Gasteiger partial charge in [-0.25, -0.2) is 0 Å². The summed E-state index contributed by atoms with van der Waals surface area (Å²) >= 11 is 0. The third kappa shape index (κ3) is 3.98. The van der Waals surface area contributed by atoms with Crippen molar-refractivity contribution >= 4 is 0 Å². The maximum atomic E-state index is 6.39. The maximum absolute atomic E-state index is 6.39. The number of rotatable bonds is 4. The van der Waals surface area contributed by atoms with Crippen LogP contribution in [0.2, 0.25) is 0 Å². The first-order valence-corrected chi connectivity index (χ1v) is 8.54. The summed E-state index contributed by atoms with van der Waals surface area (Å²) in [6.45, 7) is 18.4. The smallest absolute Gasteiger partial charge is 0.0790 e. The molecule has 4 heteroatoms. The SMILES string of the molecule is CCNC1C(CN2CCCOC(C)C2)C(C)(C)OC1(C)C. The molecule has 3 atom stereocenters. The number of likely N-dealkylation sites (N-methyl/N-ethyl adjacent to an activating group) is 1. The molecule has 0 aliphatic carbocycles. The fourth-order valence-corrected chi connectivity index (χ4v) is 4.16. The normalized spacial score (nSPS) is 36.6. The van der Waals surface area contributed by atoms with Crippen LogP contribution in [0, 0.1) is 5.92 Å². The third-order valence-electron chi connectivity index (χ3n) is 4.99. The molecule has 0 aromatic carbocycles. The number of hydrogen-bond acceptors (Lipinski definition) is 4. The van der Waals surface area contributed by atoms with E-state index in [1.807, 2.05) is 0 Å². The molecule has 0 saturated carbocycles. The molecule has 2 aliphatic rings. The maximum Gasteiger partial charge on any atom is 0.0790 e. The zero-order valence-corrected chi connectivity index (χ0v) is 14.7. The molecule has 2 heterocycles. The number of hydrogen-bond donors (Lipinski definition) is 1. The van der Waals surface area contributed by atoms with Gasteiger partial charge in [0.05, 0.1) is 17.3 Å². The van der Waals surface area contributed by atoms with Crippen LogP contribution in [0.5, 0.6) is 0 Å². The molecule has 1 N–H and O–H groups in total. The summed E-state index contributed by atoms with van der Waals surface area (Å²) in [5, 5.41) is 3.67. The summed E-state index contributed by atoms with van der Waals surface area (Å²) in [6.07, 6.45) is 1.47. The van der Waals surface area contributed by atoms with E-state index in [4.69, 9.17) is 9.47 Å². The third-order valence-corrected chi connectivity index (χ3v) is 4.99. The lowest BCUT2D eigenvalue weighted by Crippen LogP contribution is -2.51. The lowest BCUT2D eigenvalue weighted by Gasteiger charge is -2.34. The van der Waals surface area contributed by atoms with Gasteiger partial charge in [-0.1, -0.05) is 6.92 Å². The van der Waals surface area contributed by atoms with Crippen LogP contribution in [0.15, 0.2) is 0 Å². The van der Waals surface area contributed by atoms with Crippen LogP contribution in [-0.2, 0) is 9.47 Å². The van der Waals surface area contributed by atoms with Crippen molar-refractivity contribution in [2.45, 2.75) is 71.3 Å². The van der Waals surface area contributed by atoms with E-state index in [1.165, 1.54) is 0 Å². The highest BCUT2D eigenvalue weighted by Gasteiger charge is 2.53. The topological polar surface area (TPSA) is 33.7 Å². The molecule has 2 rings (SSSR count). The van der Waals surface area contributed by atoms with Crippen LogP contribution in [0.25, 0.3) is 0 Å². The molecule has 0 aromatic rings. The van der Waals surface area contributed by atoms with Crippen molar-refractivity contribution in [1.29, 1.82) is 0 Å². The van der Waals surface area contributed by atoms with Crippen molar-refractivity contribution in [2.24, 2.45) is 5.92 Å². The predicted octanol–water partition coefficient (Wildman–Crippen LogP) is 2.28. The molecular weight excluding hydrogens is 264 g/mol. The highest BCUT2D eigenvalue weighted by Crippen LogP contribution is 2.42. The molecule has 0 aromatic heterocycles. The van der Waals surface area contributed by atoms with Crippen molar-refractivity contribution in [2.75, 3.05) is 32.8 Å². The second-order valence-corrected chi connectivity index (χ2v) is 7.75. The number of nitrogens with one attached hydrogen (secondary N) is 1. The number of nitrogens with zero attached hydrogens (tertiary/aromatic N) is 1. The standard InChI is InChI=1S/C17H34N2O2/c1-7-18-15-14(16(3,4)21-17(15,5)6)12-19-9-8-10-20-13(2)11-19/h13-15,18H,7-12H2,1-6H3. The molecule has 0 bridgehead atoms. The van der Waals surface area contributed by atoms with Gasteiger partial charge in [-0.05, 0) is 47.6 Å². The van der Waals surface area contributed by atoms with E-state index >= 15 is 0 Å². The highest BCUT2D eigenvalue weighted by molar-refractivity contribution is 5.06. The molecule has 0 amide bonds. The van der Waals surface area contributed by atoms with Gasteiger partial charge < -0.3 is 19.7 Å². The minimum Gasteiger partial charge on any atom is -0.377 e. The van der Waals surface area contributed by atoms with E-state index in [0.29, 0.717) is 18.1 Å². The molecule has 2 aliphatic heterocycles. The number of ether oxygens (including phenoxy) is 2. The second-order valence-electron chi connectivity index (χ2n) is 7.75. The van der Waals surface area contributed by atoms with Crippen molar-refractivity contribution in [3.05, 3.63) is 0 Å². The van der Waals surface area contributed by atoms with Gasteiger partial charge in [0.2, 0.25) is 0 Å². The van der Waals surface area contributed by atoms with E-state index < -0.39 is 0 Å². The fourth-order valence-electron chi connectivity index (χ4n) is 4.16. The second kappa shape index (κ2) is 6.53. The Hall–Kier alpha value is -0.160. The van der Waals surface area contributed by atoms with Crippen molar-refractivity contribution < 1.29 is 9.47 Å². The summed E-state index contributed by atoms with van der Waals surface area (Å²) in [6, 6.07) is 0.400. The average Bonchev–Trinajstić information content (AvgIpc) is 2.52. The summed E-state index contributed by atoms with van der Waals surface area (Å²) < 4.78 is 12.2. The van der Waals surface area contributed by atoms with Crippen LogP contribution in [0.3, 0.4) is 0 Å². The Bertz CT molecular complexity index is 344. The monoisotopic (exact) mass is 298 g/mol. The van der Waals surface area contributed by atoms with Crippen LogP contribution in [0.4, 0.5) is 0 Å². The van der Waals surface area contributed by atoms with Crippen LogP contribution in [0.1, 0.15) is 48.0 Å². The Morgan fingerprint density at radius 2 is 1.90 bits per heavy atom. The largest absolute Gasteiger partial charge is 0.377 e. The Morgan fingerprint density at radius 3 is 2.57 bits per heavy atom. The molecule has 124 valence electrons. The van der Waals surface area contributed by atoms with Gasteiger partial charge >= 0.3 is 0 Å². The predicted molar refractivity (Wildman–Crippen MR) is 86.7 cm³/mol. The lowest BCUT2D eigenvalue weighted by atomic mass is 9.82. The van der Waals surface area contributed by atoms with E-state index in [9.17, 15) is 0 Å². The van der Waals surface area contributed by atoms with Crippen molar-refractivity contribution in [3.8, 4) is 0 Å². The Balaban J connectivity index is 2.10. The summed E-state index contributed by atoms with van der Waals surface area (Å²) in [4.78, 5) is 2.57. The van der Waals surface area contributed by atoms with Gasteiger partial charge in [-0.3, -0.25) is 0 Å². The van der Waals surface area contributed by atoms with Gasteiger partial charge in [0, 0.05) is 38.2 Å². The van der Waals surface area contributed by atoms with Gasteiger partial charge in [0.15, 0.2) is 0 Å². The first-order valence-electron chi connectivity index (χ1n) is 8.54. The quantitative estimate of drug-likeness (QED) is 0.863. The lowest BCUT2D eigenvalue weighted by molar-refractivity contribution is -0.0798. The first-order chi connectivity index (χ1) is 9.76. The van der Waals surface area contributed by atoms with E-state index in [-0.39, 0.29) is 11.2 Å². The van der Waals surface area contributed by atoms with Crippen molar-refractivity contribution in [1.82, 2.24) is 10.2 Å². The van der Waals surface area contributed by atoms with Gasteiger partial charge in [0.25, 0.3) is 0 Å². The molecule has 4 nitrogen and oxygen atoms in total. The molecule has 21 heavy (non-hydrogen) atoms. The van der Waals surface area contributed by atoms with E-state index in [0.717, 1.165) is 39.2 Å². The molecule has 2 saturated heterocycles. The Morgan fingerprint density at radius 1 is 1.19 bits per heavy atom. The fraction of sp³-hybridized carbons (Fsp3) is 1.00.